The smallest absolute Gasteiger partial charge is 0.283 e. The average Bonchev–Trinajstić information content (AvgIpc) is 3.32. The van der Waals surface area contributed by atoms with Gasteiger partial charge in [0.05, 0.1) is 24.8 Å². The summed E-state index contributed by atoms with van der Waals surface area (Å²) in [6.45, 7) is 0.481. The lowest BCUT2D eigenvalue weighted by Crippen LogP contribution is -2.46. The Hall–Kier alpha value is -3.04. The number of methoxy groups -OCH3 is 2. The van der Waals surface area contributed by atoms with Crippen molar-refractivity contribution in [2.45, 2.75) is 43.7 Å². The molecule has 1 aliphatic heterocycles. The fourth-order valence-corrected chi connectivity index (χ4v) is 5.85. The zero-order valence-corrected chi connectivity index (χ0v) is 18.0. The van der Waals surface area contributed by atoms with E-state index in [1.54, 1.807) is 20.3 Å². The number of amidine groups is 1. The molecule has 0 saturated heterocycles. The molecule has 1 saturated carbocycles. The Morgan fingerprint density at radius 3 is 2.58 bits per heavy atom. The minimum Gasteiger partial charge on any atom is -0.497 e. The van der Waals surface area contributed by atoms with Gasteiger partial charge >= 0.3 is 0 Å². The molecular formula is C25H27N3O3. The first-order valence-corrected chi connectivity index (χ1v) is 10.8. The predicted octanol–water partition coefficient (Wildman–Crippen LogP) is 3.91. The summed E-state index contributed by atoms with van der Waals surface area (Å²) in [7, 11) is 3.41. The van der Waals surface area contributed by atoms with E-state index in [0.29, 0.717) is 24.0 Å². The number of nitrogens with zero attached hydrogens (tertiary/aromatic N) is 2. The Labute approximate surface area is 182 Å². The SMILES string of the molecule is COc1cc(C#N)cc(-c2ccc3c(c2)C2(COC(N)=N2)C2(CCC(OC)CC2)C3)c1. The first kappa shape index (κ1) is 19.9. The van der Waals surface area contributed by atoms with Crippen LogP contribution in [-0.2, 0) is 21.4 Å². The van der Waals surface area contributed by atoms with Gasteiger partial charge in [-0.25, -0.2) is 4.99 Å². The van der Waals surface area contributed by atoms with Gasteiger partial charge in [0.1, 0.15) is 17.9 Å². The van der Waals surface area contributed by atoms with Crippen molar-refractivity contribution < 1.29 is 14.2 Å². The molecular weight excluding hydrogens is 390 g/mol. The highest BCUT2D eigenvalue weighted by atomic mass is 16.5. The van der Waals surface area contributed by atoms with E-state index in [0.717, 1.165) is 43.2 Å². The van der Waals surface area contributed by atoms with E-state index in [2.05, 4.69) is 24.3 Å². The Morgan fingerprint density at radius 1 is 1.13 bits per heavy atom. The fraction of sp³-hybridized carbons (Fsp3) is 0.440. The number of hydrogen-bond donors (Lipinski definition) is 1. The zero-order chi connectivity index (χ0) is 21.6. The molecule has 1 heterocycles. The summed E-state index contributed by atoms with van der Waals surface area (Å²) in [6, 6.07) is 14.7. The van der Waals surface area contributed by atoms with Crippen molar-refractivity contribution in [2.75, 3.05) is 20.8 Å². The molecule has 0 amide bonds. The lowest BCUT2D eigenvalue weighted by atomic mass is 9.62. The Kier molecular flexibility index (Phi) is 4.67. The molecule has 160 valence electrons. The summed E-state index contributed by atoms with van der Waals surface area (Å²) < 4.78 is 16.8. The van der Waals surface area contributed by atoms with E-state index in [1.165, 1.54) is 11.1 Å². The van der Waals surface area contributed by atoms with E-state index in [4.69, 9.17) is 24.9 Å². The van der Waals surface area contributed by atoms with Crippen LogP contribution in [0.4, 0.5) is 0 Å². The molecule has 1 atom stereocenters. The van der Waals surface area contributed by atoms with Crippen LogP contribution in [0.2, 0.25) is 0 Å². The van der Waals surface area contributed by atoms with Gasteiger partial charge in [0.25, 0.3) is 6.02 Å². The Balaban J connectivity index is 1.61. The maximum Gasteiger partial charge on any atom is 0.283 e. The normalized spacial score (nSPS) is 28.8. The molecule has 5 rings (SSSR count). The van der Waals surface area contributed by atoms with Crippen molar-refractivity contribution >= 4 is 6.02 Å². The van der Waals surface area contributed by atoms with E-state index < -0.39 is 5.54 Å². The summed E-state index contributed by atoms with van der Waals surface area (Å²) in [5.74, 6) is 0.671. The highest BCUT2D eigenvalue weighted by Gasteiger charge is 2.61. The number of hydrogen-bond acceptors (Lipinski definition) is 6. The molecule has 3 aliphatic rings. The molecule has 2 aromatic rings. The van der Waals surface area contributed by atoms with Gasteiger partial charge in [-0.15, -0.1) is 0 Å². The van der Waals surface area contributed by atoms with Gasteiger partial charge in [-0.2, -0.15) is 5.26 Å². The first-order valence-electron chi connectivity index (χ1n) is 10.8. The van der Waals surface area contributed by atoms with Crippen LogP contribution in [-0.4, -0.2) is 33.0 Å². The first-order chi connectivity index (χ1) is 15.0. The van der Waals surface area contributed by atoms with Gasteiger partial charge in [-0.3, -0.25) is 0 Å². The molecule has 6 heteroatoms. The number of rotatable bonds is 3. The van der Waals surface area contributed by atoms with Crippen molar-refractivity contribution in [3.05, 3.63) is 53.1 Å². The molecule has 0 radical (unpaired) electrons. The summed E-state index contributed by atoms with van der Waals surface area (Å²) in [5, 5.41) is 9.42. The van der Waals surface area contributed by atoms with Crippen LogP contribution in [0.1, 0.15) is 42.4 Å². The van der Waals surface area contributed by atoms with Gasteiger partial charge in [0.2, 0.25) is 0 Å². The third-order valence-corrected chi connectivity index (χ3v) is 7.52. The number of fused-ring (bicyclic) bond motifs is 3. The van der Waals surface area contributed by atoms with Crippen LogP contribution in [0.5, 0.6) is 5.75 Å². The lowest BCUT2D eigenvalue weighted by Gasteiger charge is -2.45. The van der Waals surface area contributed by atoms with E-state index in [-0.39, 0.29) is 11.4 Å². The van der Waals surface area contributed by atoms with Crippen molar-refractivity contribution in [1.82, 2.24) is 0 Å². The molecule has 0 bridgehead atoms. The van der Waals surface area contributed by atoms with Crippen molar-refractivity contribution in [1.29, 1.82) is 5.26 Å². The molecule has 2 spiro atoms. The fourth-order valence-electron chi connectivity index (χ4n) is 5.85. The van der Waals surface area contributed by atoms with Gasteiger partial charge < -0.3 is 19.9 Å². The maximum absolute atomic E-state index is 9.42. The lowest BCUT2D eigenvalue weighted by molar-refractivity contribution is -0.00983. The molecule has 2 N–H and O–H groups in total. The Morgan fingerprint density at radius 2 is 1.94 bits per heavy atom. The summed E-state index contributed by atoms with van der Waals surface area (Å²) in [6.07, 6.45) is 5.40. The van der Waals surface area contributed by atoms with Gasteiger partial charge in [-0.05, 0) is 78.6 Å². The van der Waals surface area contributed by atoms with E-state index in [1.807, 2.05) is 12.1 Å². The van der Waals surface area contributed by atoms with E-state index >= 15 is 0 Å². The predicted molar refractivity (Wildman–Crippen MR) is 118 cm³/mol. The van der Waals surface area contributed by atoms with Gasteiger partial charge in [0, 0.05) is 12.5 Å². The standard InChI is InChI=1S/C25H27N3O3/c1-29-20-5-7-24(8-6-20)13-18-4-3-17(12-22(18)25(24)15-31-23(27)28-25)19-9-16(14-26)10-21(11-19)30-2/h3-4,9-12,20H,5-8,13,15H2,1-2H3,(H2,27,28). The third-order valence-electron chi connectivity index (χ3n) is 7.52. The minimum absolute atomic E-state index is 0.00367. The highest BCUT2D eigenvalue weighted by Crippen LogP contribution is 2.61. The van der Waals surface area contributed by atoms with Crippen LogP contribution in [0, 0.1) is 16.7 Å². The largest absolute Gasteiger partial charge is 0.497 e. The number of aliphatic imine (C=N–C) groups is 1. The van der Waals surface area contributed by atoms with Crippen molar-refractivity contribution in [2.24, 2.45) is 16.1 Å². The molecule has 2 aliphatic carbocycles. The number of nitrogens with two attached hydrogens (primary N) is 1. The van der Waals surface area contributed by atoms with Crippen LogP contribution < -0.4 is 10.5 Å². The van der Waals surface area contributed by atoms with Crippen LogP contribution in [0.15, 0.2) is 41.4 Å². The molecule has 1 unspecified atom stereocenters. The third kappa shape index (κ3) is 2.99. The second-order valence-corrected chi connectivity index (χ2v) is 8.93. The topological polar surface area (TPSA) is 89.9 Å². The Bertz CT molecular complexity index is 1100. The summed E-state index contributed by atoms with van der Waals surface area (Å²) in [4.78, 5) is 4.95. The number of nitriles is 1. The molecule has 6 nitrogen and oxygen atoms in total. The van der Waals surface area contributed by atoms with Crippen LogP contribution >= 0.6 is 0 Å². The molecule has 0 aromatic heterocycles. The number of benzene rings is 2. The minimum atomic E-state index is -0.460. The van der Waals surface area contributed by atoms with E-state index in [9.17, 15) is 5.26 Å². The second-order valence-electron chi connectivity index (χ2n) is 8.93. The second kappa shape index (κ2) is 7.28. The summed E-state index contributed by atoms with van der Waals surface area (Å²) >= 11 is 0. The van der Waals surface area contributed by atoms with Crippen LogP contribution in [0.3, 0.4) is 0 Å². The zero-order valence-electron chi connectivity index (χ0n) is 18.0. The van der Waals surface area contributed by atoms with Crippen molar-refractivity contribution in [3.63, 3.8) is 0 Å². The van der Waals surface area contributed by atoms with Crippen molar-refractivity contribution in [3.8, 4) is 22.9 Å². The highest BCUT2D eigenvalue weighted by molar-refractivity contribution is 5.76. The maximum atomic E-state index is 9.42. The van der Waals surface area contributed by atoms with Gasteiger partial charge in [-0.1, -0.05) is 12.1 Å². The quantitative estimate of drug-likeness (QED) is 0.818. The molecule has 1 fully saturated rings. The number of ether oxygens (including phenoxy) is 3. The molecule has 31 heavy (non-hydrogen) atoms. The van der Waals surface area contributed by atoms with Crippen LogP contribution in [0.25, 0.3) is 11.1 Å². The molecule has 2 aromatic carbocycles. The van der Waals surface area contributed by atoms with Gasteiger partial charge in [0.15, 0.2) is 0 Å². The average molecular weight is 418 g/mol. The summed E-state index contributed by atoms with van der Waals surface area (Å²) in [5.41, 5.74) is 10.7. The monoisotopic (exact) mass is 417 g/mol.